The van der Waals surface area contributed by atoms with Gasteiger partial charge in [-0.2, -0.15) is 0 Å². The molecule has 0 bridgehead atoms. The Labute approximate surface area is 25.9 Å². The largest absolute Gasteiger partial charge is 0.344 e. The zero-order valence-electron chi connectivity index (χ0n) is 2.57. The third-order valence-corrected chi connectivity index (χ3v) is 0.236. The van der Waals surface area contributed by atoms with Crippen LogP contribution in [0.15, 0.2) is 12.2 Å². The van der Waals surface area contributed by atoms with Crippen LogP contribution in [0.1, 0.15) is 6.42 Å². The van der Waals surface area contributed by atoms with Gasteiger partial charge >= 0.3 is 0 Å². The van der Waals surface area contributed by atoms with E-state index in [0.717, 1.165) is 0 Å². The minimum atomic E-state index is 0. The third-order valence-electron chi connectivity index (χ3n) is 0.236. The number of rotatable bonds is 0. The first-order valence-corrected chi connectivity index (χ1v) is 1.15. The molecule has 1 aliphatic rings. The summed E-state index contributed by atoms with van der Waals surface area (Å²) in [5, 5.41) is 0. The summed E-state index contributed by atoms with van der Waals surface area (Å²) in [6, 6.07) is 0. The lowest BCUT2D eigenvalue weighted by Gasteiger charge is -1.15. The standard InChI is InChI=1S/C3H4.H3N/c1-2-3-1;/h1-2H,3H2;1H3. The van der Waals surface area contributed by atoms with Crippen molar-refractivity contribution < 1.29 is 0 Å². The molecule has 0 spiro atoms. The van der Waals surface area contributed by atoms with Crippen LogP contribution in [0.5, 0.6) is 0 Å². The summed E-state index contributed by atoms with van der Waals surface area (Å²) in [6.45, 7) is 0. The normalized spacial score (nSPS) is 14.0. The fourth-order valence-corrected chi connectivity index (χ4v) is 0. The molecule has 0 fully saturated rings. The highest BCUT2D eigenvalue weighted by Gasteiger charge is 1.75. The Morgan fingerprint density at radius 2 is 1.50 bits per heavy atom. The SMILES string of the molecule is C1=CC1.N. The second-order valence-corrected chi connectivity index (χ2v) is 0.707. The molecule has 3 N–H and O–H groups in total. The second-order valence-electron chi connectivity index (χ2n) is 0.707. The molecule has 0 radical (unpaired) electrons. The summed E-state index contributed by atoms with van der Waals surface area (Å²) >= 11 is 0. The molecule has 0 amide bonds. The van der Waals surface area contributed by atoms with E-state index >= 15 is 0 Å². The van der Waals surface area contributed by atoms with Crippen molar-refractivity contribution in [3.8, 4) is 0 Å². The number of hydrogen-bond acceptors (Lipinski definition) is 1. The predicted octanol–water partition coefficient (Wildman–Crippen LogP) is 1.11. The average molecular weight is 57.1 g/mol. The Kier molecular flexibility index (Phi) is 0.990. The van der Waals surface area contributed by atoms with Gasteiger partial charge in [0.15, 0.2) is 0 Å². The smallest absolute Gasteiger partial charge is 0.0169 e. The molecule has 0 aromatic rings. The van der Waals surface area contributed by atoms with E-state index in [2.05, 4.69) is 12.2 Å². The minimum Gasteiger partial charge on any atom is -0.344 e. The molecule has 0 aromatic carbocycles. The van der Waals surface area contributed by atoms with E-state index in [-0.39, 0.29) is 6.15 Å². The van der Waals surface area contributed by atoms with E-state index in [4.69, 9.17) is 0 Å². The highest BCUT2D eigenvalue weighted by molar-refractivity contribution is 5.02. The second kappa shape index (κ2) is 1.07. The summed E-state index contributed by atoms with van der Waals surface area (Å²) in [6.07, 6.45) is 5.50. The maximum absolute atomic E-state index is 2.12. The quantitative estimate of drug-likeness (QED) is 0.415. The molecule has 0 saturated carbocycles. The van der Waals surface area contributed by atoms with Crippen LogP contribution in [0, 0.1) is 0 Å². The summed E-state index contributed by atoms with van der Waals surface area (Å²) in [5.41, 5.74) is 0. The molecule has 0 aromatic heterocycles. The molecular formula is C3H7N. The minimum absolute atomic E-state index is 0. The van der Waals surface area contributed by atoms with Crippen LogP contribution in [-0.4, -0.2) is 0 Å². The van der Waals surface area contributed by atoms with Crippen LogP contribution in [0.4, 0.5) is 0 Å². The highest BCUT2D eigenvalue weighted by Crippen LogP contribution is 1.96. The summed E-state index contributed by atoms with van der Waals surface area (Å²) in [4.78, 5) is 0. The summed E-state index contributed by atoms with van der Waals surface area (Å²) in [5.74, 6) is 0. The molecule has 0 heterocycles. The van der Waals surface area contributed by atoms with Crippen molar-refractivity contribution in [2.75, 3.05) is 0 Å². The van der Waals surface area contributed by atoms with Gasteiger partial charge in [0.05, 0.1) is 0 Å². The topological polar surface area (TPSA) is 35.0 Å². The van der Waals surface area contributed by atoms with Gasteiger partial charge in [-0.25, -0.2) is 0 Å². The third kappa shape index (κ3) is 1.70. The maximum Gasteiger partial charge on any atom is -0.0169 e. The fraction of sp³-hybridized carbons (Fsp3) is 0.333. The van der Waals surface area contributed by atoms with Crippen LogP contribution >= 0.6 is 0 Å². The molecule has 1 rings (SSSR count). The van der Waals surface area contributed by atoms with Crippen molar-refractivity contribution in [2.45, 2.75) is 6.42 Å². The van der Waals surface area contributed by atoms with E-state index in [0.29, 0.717) is 0 Å². The van der Waals surface area contributed by atoms with E-state index in [1.807, 2.05) is 0 Å². The Morgan fingerprint density at radius 3 is 1.50 bits per heavy atom. The Hall–Kier alpha value is -0.300. The van der Waals surface area contributed by atoms with Crippen molar-refractivity contribution >= 4 is 0 Å². The van der Waals surface area contributed by atoms with Gasteiger partial charge in [0.2, 0.25) is 0 Å². The van der Waals surface area contributed by atoms with Gasteiger partial charge in [0.25, 0.3) is 0 Å². The van der Waals surface area contributed by atoms with Gasteiger partial charge in [-0.3, -0.25) is 0 Å². The van der Waals surface area contributed by atoms with Crippen LogP contribution in [-0.2, 0) is 0 Å². The van der Waals surface area contributed by atoms with Crippen molar-refractivity contribution in [1.29, 1.82) is 0 Å². The van der Waals surface area contributed by atoms with Crippen LogP contribution < -0.4 is 6.15 Å². The van der Waals surface area contributed by atoms with E-state index < -0.39 is 0 Å². The predicted molar refractivity (Wildman–Crippen MR) is 18.8 cm³/mol. The summed E-state index contributed by atoms with van der Waals surface area (Å²) < 4.78 is 0. The first-order chi connectivity index (χ1) is 1.50. The Bertz CT molecular complexity index is 26.3. The van der Waals surface area contributed by atoms with Crippen molar-refractivity contribution in [3.63, 3.8) is 0 Å². The van der Waals surface area contributed by atoms with Crippen LogP contribution in [0.2, 0.25) is 0 Å². The fourth-order valence-electron chi connectivity index (χ4n) is 0. The molecular weight excluding hydrogens is 50.0 g/mol. The lowest BCUT2D eigenvalue weighted by molar-refractivity contribution is 1.71. The lowest BCUT2D eigenvalue weighted by atomic mass is 10.9. The highest BCUT2D eigenvalue weighted by atomic mass is 14.0. The van der Waals surface area contributed by atoms with Gasteiger partial charge in [-0.15, -0.1) is 0 Å². The average Bonchev–Trinajstić information content (AvgIpc) is 1.46. The number of allylic oxidation sites excluding steroid dienone is 2. The molecule has 0 atom stereocenters. The first-order valence-electron chi connectivity index (χ1n) is 1.15. The Morgan fingerprint density at radius 1 is 1.25 bits per heavy atom. The van der Waals surface area contributed by atoms with Gasteiger partial charge in [-0.05, 0) is 6.42 Å². The molecule has 1 aliphatic carbocycles. The maximum atomic E-state index is 2.12. The van der Waals surface area contributed by atoms with Gasteiger partial charge in [0, 0.05) is 0 Å². The van der Waals surface area contributed by atoms with Crippen molar-refractivity contribution in [2.24, 2.45) is 0 Å². The number of hydrogen-bond donors (Lipinski definition) is 1. The van der Waals surface area contributed by atoms with Gasteiger partial charge in [0.1, 0.15) is 0 Å². The Balaban J connectivity index is 0.0000000900. The zero-order chi connectivity index (χ0) is 2.12. The molecule has 0 aliphatic heterocycles. The molecule has 1 nitrogen and oxygen atoms in total. The molecule has 4 heavy (non-hydrogen) atoms. The lowest BCUT2D eigenvalue weighted by Crippen LogP contribution is -0.956. The van der Waals surface area contributed by atoms with E-state index in [9.17, 15) is 0 Å². The monoisotopic (exact) mass is 57.1 g/mol. The molecule has 0 saturated heterocycles. The van der Waals surface area contributed by atoms with Crippen LogP contribution in [0.3, 0.4) is 0 Å². The van der Waals surface area contributed by atoms with Crippen molar-refractivity contribution in [1.82, 2.24) is 6.15 Å². The molecule has 0 unspecified atom stereocenters. The molecule has 24 valence electrons. The van der Waals surface area contributed by atoms with Crippen LogP contribution in [0.25, 0.3) is 0 Å². The van der Waals surface area contributed by atoms with E-state index in [1.54, 1.807) is 0 Å². The zero-order valence-corrected chi connectivity index (χ0v) is 2.57. The van der Waals surface area contributed by atoms with E-state index in [1.165, 1.54) is 6.42 Å². The first kappa shape index (κ1) is 3.70. The van der Waals surface area contributed by atoms with Gasteiger partial charge < -0.3 is 6.15 Å². The molecule has 1 heteroatoms. The summed E-state index contributed by atoms with van der Waals surface area (Å²) in [7, 11) is 0. The van der Waals surface area contributed by atoms with Gasteiger partial charge in [-0.1, -0.05) is 12.2 Å². The van der Waals surface area contributed by atoms with Crippen molar-refractivity contribution in [3.05, 3.63) is 12.2 Å².